The zero-order chi connectivity index (χ0) is 22.3. The zero-order valence-corrected chi connectivity index (χ0v) is 19.1. The van der Waals surface area contributed by atoms with Gasteiger partial charge in [-0.05, 0) is 54.6 Å². The Bertz CT molecular complexity index is 1140. The first-order valence-corrected chi connectivity index (χ1v) is 12.2. The predicted molar refractivity (Wildman–Crippen MR) is 126 cm³/mol. The summed E-state index contributed by atoms with van der Waals surface area (Å²) in [7, 11) is -2.33. The molecule has 9 heteroatoms. The molecule has 0 saturated heterocycles. The van der Waals surface area contributed by atoms with Crippen molar-refractivity contribution in [2.45, 2.75) is 16.2 Å². The van der Waals surface area contributed by atoms with Gasteiger partial charge < -0.3 is 10.1 Å². The third kappa shape index (κ3) is 6.65. The van der Waals surface area contributed by atoms with Gasteiger partial charge in [0.1, 0.15) is 5.75 Å². The smallest absolute Gasteiger partial charge is 0.261 e. The molecule has 0 radical (unpaired) electrons. The Balaban J connectivity index is 1.64. The van der Waals surface area contributed by atoms with Gasteiger partial charge in [-0.15, -0.1) is 11.8 Å². The Kier molecular flexibility index (Phi) is 7.84. The van der Waals surface area contributed by atoms with Crippen LogP contribution in [0.3, 0.4) is 0 Å². The van der Waals surface area contributed by atoms with Gasteiger partial charge >= 0.3 is 0 Å². The fraction of sp³-hybridized carbons (Fsp3) is 0.136. The number of methoxy groups -OCH3 is 1. The van der Waals surface area contributed by atoms with Crippen molar-refractivity contribution in [2.24, 2.45) is 0 Å². The summed E-state index contributed by atoms with van der Waals surface area (Å²) in [5, 5.41) is 2.95. The number of nitrogens with one attached hydrogen (secondary N) is 2. The summed E-state index contributed by atoms with van der Waals surface area (Å²) in [5.41, 5.74) is 0.633. The molecule has 0 aromatic heterocycles. The summed E-state index contributed by atoms with van der Waals surface area (Å²) in [6.45, 7) is 0. The summed E-state index contributed by atoms with van der Waals surface area (Å²) >= 11 is 7.73. The molecule has 0 saturated carbocycles. The lowest BCUT2D eigenvalue weighted by molar-refractivity contribution is -0.115. The molecule has 2 N–H and O–H groups in total. The van der Waals surface area contributed by atoms with E-state index in [1.165, 1.54) is 25.3 Å². The molecular weight excluding hydrogens is 456 g/mol. The highest BCUT2D eigenvalue weighted by molar-refractivity contribution is 7.99. The highest BCUT2D eigenvalue weighted by Gasteiger charge is 2.17. The maximum absolute atomic E-state index is 12.7. The molecule has 0 aliphatic carbocycles. The van der Waals surface area contributed by atoms with Crippen molar-refractivity contribution in [1.29, 1.82) is 0 Å². The number of thioether (sulfide) groups is 1. The Morgan fingerprint density at radius 2 is 1.74 bits per heavy atom. The van der Waals surface area contributed by atoms with Crippen molar-refractivity contribution >= 4 is 50.7 Å². The van der Waals surface area contributed by atoms with E-state index in [1.807, 2.05) is 30.3 Å². The fourth-order valence-electron chi connectivity index (χ4n) is 2.63. The van der Waals surface area contributed by atoms with Gasteiger partial charge in [-0.2, -0.15) is 0 Å². The SMILES string of the molecule is COc1ccc(NS(=O)(=O)c2ccc(Cl)c(NC(=O)CCSc3ccccc3)c2)cc1. The van der Waals surface area contributed by atoms with E-state index in [9.17, 15) is 13.2 Å². The molecule has 0 aliphatic rings. The normalized spacial score (nSPS) is 11.0. The number of anilines is 2. The minimum atomic E-state index is -3.87. The van der Waals surface area contributed by atoms with Gasteiger partial charge in [0.2, 0.25) is 5.91 Å². The lowest BCUT2D eigenvalue weighted by Crippen LogP contribution is -2.15. The Morgan fingerprint density at radius 3 is 2.42 bits per heavy atom. The van der Waals surface area contributed by atoms with Crippen molar-refractivity contribution in [3.05, 3.63) is 77.8 Å². The number of benzene rings is 3. The van der Waals surface area contributed by atoms with E-state index in [0.717, 1.165) is 4.90 Å². The first-order valence-electron chi connectivity index (χ1n) is 9.31. The van der Waals surface area contributed by atoms with Crippen LogP contribution in [-0.2, 0) is 14.8 Å². The molecule has 0 heterocycles. The van der Waals surface area contributed by atoms with E-state index in [2.05, 4.69) is 10.0 Å². The standard InChI is InChI=1S/C22H21ClN2O4S2/c1-29-17-9-7-16(8-10-17)25-31(27,28)19-11-12-20(23)21(15-19)24-22(26)13-14-30-18-5-3-2-4-6-18/h2-12,15,25H,13-14H2,1H3,(H,24,26). The fourth-order valence-corrected chi connectivity index (χ4v) is 4.75. The van der Waals surface area contributed by atoms with Crippen LogP contribution in [0.25, 0.3) is 0 Å². The highest BCUT2D eigenvalue weighted by atomic mass is 35.5. The van der Waals surface area contributed by atoms with Gasteiger partial charge in [0.05, 0.1) is 22.7 Å². The average Bonchev–Trinajstić information content (AvgIpc) is 2.76. The van der Waals surface area contributed by atoms with Crippen molar-refractivity contribution < 1.29 is 17.9 Å². The minimum absolute atomic E-state index is 0.0123. The van der Waals surface area contributed by atoms with Gasteiger partial charge in [-0.3, -0.25) is 9.52 Å². The van der Waals surface area contributed by atoms with E-state index >= 15 is 0 Å². The number of ether oxygens (including phenoxy) is 1. The van der Waals surface area contributed by atoms with Crippen molar-refractivity contribution in [2.75, 3.05) is 22.9 Å². The number of halogens is 1. The van der Waals surface area contributed by atoms with Crippen LogP contribution in [0.2, 0.25) is 5.02 Å². The van der Waals surface area contributed by atoms with Gasteiger partial charge in [0.25, 0.3) is 10.0 Å². The predicted octanol–water partition coefficient (Wildman–Crippen LogP) is 5.27. The van der Waals surface area contributed by atoms with E-state index < -0.39 is 10.0 Å². The molecule has 3 aromatic carbocycles. The summed E-state index contributed by atoms with van der Waals surface area (Å²) in [4.78, 5) is 13.4. The molecule has 0 fully saturated rings. The monoisotopic (exact) mass is 476 g/mol. The second kappa shape index (κ2) is 10.6. The first-order chi connectivity index (χ1) is 14.9. The van der Waals surface area contributed by atoms with E-state index in [4.69, 9.17) is 16.3 Å². The van der Waals surface area contributed by atoms with Gasteiger partial charge in [0.15, 0.2) is 0 Å². The molecule has 3 rings (SSSR count). The van der Waals surface area contributed by atoms with Gasteiger partial charge in [-0.1, -0.05) is 29.8 Å². The second-order valence-corrected chi connectivity index (χ2v) is 9.69. The third-order valence-electron chi connectivity index (χ3n) is 4.21. The number of carbonyl (C=O) groups excluding carboxylic acids is 1. The molecule has 0 atom stereocenters. The number of sulfonamides is 1. The Hall–Kier alpha value is -2.68. The number of amides is 1. The topological polar surface area (TPSA) is 84.5 Å². The Morgan fingerprint density at radius 1 is 1.03 bits per heavy atom. The molecular formula is C22H21ClN2O4S2. The van der Waals surface area contributed by atoms with E-state index in [0.29, 0.717) is 17.2 Å². The number of hydrogen-bond donors (Lipinski definition) is 2. The van der Waals surface area contributed by atoms with E-state index in [-0.39, 0.29) is 27.9 Å². The maximum atomic E-state index is 12.7. The second-order valence-electron chi connectivity index (χ2n) is 6.44. The molecule has 6 nitrogen and oxygen atoms in total. The quantitative estimate of drug-likeness (QED) is 0.411. The molecule has 162 valence electrons. The summed E-state index contributed by atoms with van der Waals surface area (Å²) in [5.74, 6) is 0.956. The van der Waals surface area contributed by atoms with Crippen LogP contribution in [0, 0.1) is 0 Å². The molecule has 0 aliphatic heterocycles. The number of hydrogen-bond acceptors (Lipinski definition) is 5. The van der Waals surface area contributed by atoms with Crippen LogP contribution in [0.5, 0.6) is 5.75 Å². The summed E-state index contributed by atoms with van der Waals surface area (Å²) < 4.78 is 33.0. The first kappa shape index (κ1) is 23.0. The van der Waals surface area contributed by atoms with Gasteiger partial charge in [-0.25, -0.2) is 8.42 Å². The van der Waals surface area contributed by atoms with Crippen LogP contribution in [-0.4, -0.2) is 27.2 Å². The molecule has 0 bridgehead atoms. The molecule has 0 spiro atoms. The highest BCUT2D eigenvalue weighted by Crippen LogP contribution is 2.27. The zero-order valence-electron chi connectivity index (χ0n) is 16.7. The summed E-state index contributed by atoms with van der Waals surface area (Å²) in [6.07, 6.45) is 0.261. The molecule has 3 aromatic rings. The maximum Gasteiger partial charge on any atom is 0.261 e. The van der Waals surface area contributed by atoms with Crippen molar-refractivity contribution in [1.82, 2.24) is 0 Å². The van der Waals surface area contributed by atoms with E-state index in [1.54, 1.807) is 36.0 Å². The minimum Gasteiger partial charge on any atom is -0.497 e. The Labute approximate surface area is 191 Å². The van der Waals surface area contributed by atoms with Crippen LogP contribution in [0.4, 0.5) is 11.4 Å². The lowest BCUT2D eigenvalue weighted by atomic mass is 10.3. The molecule has 1 amide bonds. The number of rotatable bonds is 9. The van der Waals surface area contributed by atoms with Crippen LogP contribution >= 0.6 is 23.4 Å². The molecule has 31 heavy (non-hydrogen) atoms. The number of carbonyl (C=O) groups is 1. The average molecular weight is 477 g/mol. The largest absolute Gasteiger partial charge is 0.497 e. The molecule has 0 unspecified atom stereocenters. The van der Waals surface area contributed by atoms with Crippen LogP contribution in [0.1, 0.15) is 6.42 Å². The lowest BCUT2D eigenvalue weighted by Gasteiger charge is -2.12. The van der Waals surface area contributed by atoms with Crippen LogP contribution < -0.4 is 14.8 Å². The van der Waals surface area contributed by atoms with Crippen LogP contribution in [0.15, 0.2) is 82.6 Å². The van der Waals surface area contributed by atoms with Crippen molar-refractivity contribution in [3.63, 3.8) is 0 Å². The van der Waals surface area contributed by atoms with Gasteiger partial charge in [0, 0.05) is 22.8 Å². The third-order valence-corrected chi connectivity index (χ3v) is 6.93. The summed E-state index contributed by atoms with van der Waals surface area (Å²) in [6, 6.07) is 20.4. The van der Waals surface area contributed by atoms with Crippen molar-refractivity contribution in [3.8, 4) is 5.75 Å².